The molecular formula is C9H6N6OSe. The second-order valence-electron chi connectivity index (χ2n) is 3.25. The van der Waals surface area contributed by atoms with Crippen molar-refractivity contribution in [3.63, 3.8) is 0 Å². The van der Waals surface area contributed by atoms with Gasteiger partial charge in [-0.15, -0.1) is 0 Å². The molecule has 0 saturated heterocycles. The van der Waals surface area contributed by atoms with E-state index in [2.05, 4.69) is 28.7 Å². The molecule has 2 N–H and O–H groups in total. The maximum absolute atomic E-state index is 11.8. The van der Waals surface area contributed by atoms with Gasteiger partial charge in [-0.25, -0.2) is 0 Å². The summed E-state index contributed by atoms with van der Waals surface area (Å²) in [7, 11) is 0. The predicted molar refractivity (Wildman–Crippen MR) is 60.7 cm³/mol. The van der Waals surface area contributed by atoms with E-state index in [-0.39, 0.29) is 26.2 Å². The number of carbonyl (C=O) groups excluding carboxylic acids is 1. The zero-order chi connectivity index (χ0) is 11.7. The van der Waals surface area contributed by atoms with Gasteiger partial charge in [0.05, 0.1) is 0 Å². The maximum atomic E-state index is 11.8. The summed E-state index contributed by atoms with van der Waals surface area (Å²) in [5, 5.41) is 12.4. The van der Waals surface area contributed by atoms with Crippen LogP contribution in [-0.2, 0) is 0 Å². The number of hydrogen-bond donors (Lipinski definition) is 2. The molecular weight excluding hydrogens is 287 g/mol. The molecule has 0 atom stereocenters. The molecule has 1 aromatic heterocycles. The summed E-state index contributed by atoms with van der Waals surface area (Å²) in [5.74, 6) is -0.318. The fourth-order valence-corrected chi connectivity index (χ4v) is 2.56. The van der Waals surface area contributed by atoms with Gasteiger partial charge in [-0.3, -0.25) is 0 Å². The summed E-state index contributed by atoms with van der Waals surface area (Å²) < 4.78 is 8.51. The molecule has 17 heavy (non-hydrogen) atoms. The Balaban J connectivity index is 1.90. The second kappa shape index (κ2) is 4.08. The number of aromatic nitrogens is 3. The first kappa shape index (κ1) is 10.1. The van der Waals surface area contributed by atoms with Crippen molar-refractivity contribution in [3.05, 3.63) is 30.1 Å². The molecule has 1 amide bonds. The number of H-pyrrole nitrogens is 1. The second-order valence-corrected chi connectivity index (χ2v) is 4.36. The van der Waals surface area contributed by atoms with Gasteiger partial charge in [0.25, 0.3) is 0 Å². The van der Waals surface area contributed by atoms with Crippen LogP contribution in [0, 0.1) is 0 Å². The Kier molecular flexibility index (Phi) is 2.43. The Morgan fingerprint density at radius 1 is 1.35 bits per heavy atom. The normalized spacial score (nSPS) is 12.0. The molecule has 0 aliphatic carbocycles. The van der Waals surface area contributed by atoms with E-state index in [9.17, 15) is 4.79 Å². The van der Waals surface area contributed by atoms with Crippen LogP contribution in [0.2, 0.25) is 0 Å². The van der Waals surface area contributed by atoms with Crippen LogP contribution in [0.1, 0.15) is 10.5 Å². The Morgan fingerprint density at radius 2 is 2.29 bits per heavy atom. The third kappa shape index (κ3) is 1.83. The van der Waals surface area contributed by atoms with Crippen molar-refractivity contribution in [3.8, 4) is 0 Å². The van der Waals surface area contributed by atoms with Gasteiger partial charge >= 0.3 is 101 Å². The number of nitrogens with one attached hydrogen (secondary N) is 2. The van der Waals surface area contributed by atoms with Crippen molar-refractivity contribution >= 4 is 37.5 Å². The fraction of sp³-hybridized carbons (Fsp3) is 0. The first-order valence-electron chi connectivity index (χ1n) is 4.73. The van der Waals surface area contributed by atoms with Crippen molar-refractivity contribution in [1.29, 1.82) is 0 Å². The summed E-state index contributed by atoms with van der Waals surface area (Å²) in [5.41, 5.74) is 2.45. The average molecular weight is 293 g/mol. The number of fused-ring (bicyclic) bond motifs is 1. The van der Waals surface area contributed by atoms with Gasteiger partial charge < -0.3 is 0 Å². The van der Waals surface area contributed by atoms with Crippen LogP contribution in [0.4, 0.5) is 17.1 Å². The first-order valence-corrected chi connectivity index (χ1v) is 6.26. The number of aromatic amines is 1. The van der Waals surface area contributed by atoms with Gasteiger partial charge in [0, 0.05) is 0 Å². The van der Waals surface area contributed by atoms with Crippen LogP contribution in [0.15, 0.2) is 32.3 Å². The molecule has 3 rings (SSSR count). The van der Waals surface area contributed by atoms with E-state index in [1.165, 1.54) is 6.20 Å². The van der Waals surface area contributed by atoms with E-state index in [4.69, 9.17) is 0 Å². The van der Waals surface area contributed by atoms with Crippen molar-refractivity contribution in [2.75, 3.05) is 5.32 Å². The molecule has 0 radical (unpaired) electrons. The third-order valence-electron chi connectivity index (χ3n) is 2.18. The van der Waals surface area contributed by atoms with Gasteiger partial charge in [-0.05, 0) is 0 Å². The molecule has 84 valence electrons. The van der Waals surface area contributed by atoms with Crippen LogP contribution >= 0.6 is 0 Å². The quantitative estimate of drug-likeness (QED) is 0.699. The first-order chi connectivity index (χ1) is 8.34. The van der Waals surface area contributed by atoms with E-state index < -0.39 is 0 Å². The van der Waals surface area contributed by atoms with E-state index in [1.807, 2.05) is 12.1 Å². The number of carbonyl (C=O) groups is 1. The monoisotopic (exact) mass is 294 g/mol. The number of rotatable bonds is 2. The zero-order valence-electron chi connectivity index (χ0n) is 8.41. The number of hydrogen-bond acceptors (Lipinski definition) is 5. The van der Waals surface area contributed by atoms with Crippen molar-refractivity contribution in [2.24, 2.45) is 7.92 Å². The van der Waals surface area contributed by atoms with Gasteiger partial charge in [-0.2, -0.15) is 0 Å². The molecule has 2 aromatic rings. The standard InChI is InChI=1S/C9H6N6OSe/c16-9(7-4-10-15-12-7)11-5-2-1-3-6-8(5)14-17-13-6/h1-4H,(H,11,16)(H,10,12,15). The number of benzene rings is 1. The number of amides is 1. The van der Waals surface area contributed by atoms with Crippen LogP contribution < -0.4 is 5.32 Å². The van der Waals surface area contributed by atoms with Crippen LogP contribution in [-0.4, -0.2) is 35.9 Å². The van der Waals surface area contributed by atoms with Gasteiger partial charge in [0.15, 0.2) is 0 Å². The molecule has 0 spiro atoms. The zero-order valence-corrected chi connectivity index (χ0v) is 10.1. The Morgan fingerprint density at radius 3 is 3.12 bits per heavy atom. The van der Waals surface area contributed by atoms with Crippen LogP contribution in [0.25, 0.3) is 0 Å². The molecule has 8 heteroatoms. The van der Waals surface area contributed by atoms with E-state index in [1.54, 1.807) is 6.07 Å². The minimum atomic E-state index is -0.318. The summed E-state index contributed by atoms with van der Waals surface area (Å²) in [6.07, 6.45) is 1.37. The van der Waals surface area contributed by atoms with Crippen LogP contribution in [0.3, 0.4) is 0 Å². The summed E-state index contributed by atoms with van der Waals surface area (Å²) >= 11 is -0.114. The predicted octanol–water partition coefficient (Wildman–Crippen LogP) is 1.40. The molecule has 0 unspecified atom stereocenters. The average Bonchev–Trinajstić information content (AvgIpc) is 3.00. The van der Waals surface area contributed by atoms with E-state index >= 15 is 0 Å². The van der Waals surface area contributed by atoms with Crippen molar-refractivity contribution in [1.82, 2.24) is 15.4 Å². The molecule has 0 saturated carbocycles. The van der Waals surface area contributed by atoms with E-state index in [0.717, 1.165) is 11.4 Å². The molecule has 0 bridgehead atoms. The summed E-state index contributed by atoms with van der Waals surface area (Å²) in [6.45, 7) is 0. The summed E-state index contributed by atoms with van der Waals surface area (Å²) in [6, 6.07) is 5.49. The van der Waals surface area contributed by atoms with E-state index in [0.29, 0.717) is 5.69 Å². The van der Waals surface area contributed by atoms with Crippen LogP contribution in [0.5, 0.6) is 0 Å². The molecule has 1 aliphatic heterocycles. The number of anilines is 1. The fourth-order valence-electron chi connectivity index (χ4n) is 1.40. The van der Waals surface area contributed by atoms with Crippen molar-refractivity contribution < 1.29 is 4.79 Å². The van der Waals surface area contributed by atoms with Crippen molar-refractivity contribution in [2.45, 2.75) is 0 Å². The SMILES string of the molecule is O=C(Nc1cccc2c1N=[Se]=N2)c1cn[nH]n1. The third-order valence-corrected chi connectivity index (χ3v) is 3.32. The van der Waals surface area contributed by atoms with Gasteiger partial charge in [0.2, 0.25) is 0 Å². The Hall–Kier alpha value is -2.05. The van der Waals surface area contributed by atoms with Gasteiger partial charge in [-0.1, -0.05) is 0 Å². The number of nitrogens with zero attached hydrogens (tertiary/aromatic N) is 4. The molecule has 2 heterocycles. The summed E-state index contributed by atoms with van der Waals surface area (Å²) in [4.78, 5) is 11.8. The Labute approximate surface area is 101 Å². The molecule has 0 fully saturated rings. The topological polar surface area (TPSA) is 95.4 Å². The van der Waals surface area contributed by atoms with Gasteiger partial charge in [0.1, 0.15) is 0 Å². The molecule has 1 aromatic carbocycles. The minimum absolute atomic E-state index is 0.114. The molecule has 1 aliphatic rings. The molecule has 7 nitrogen and oxygen atoms in total. The Bertz CT molecular complexity index is 644.